The van der Waals surface area contributed by atoms with Crippen molar-refractivity contribution in [3.63, 3.8) is 0 Å². The molecule has 0 bridgehead atoms. The molecule has 2 aromatic rings. The summed E-state index contributed by atoms with van der Waals surface area (Å²) < 4.78 is 16.9. The smallest absolute Gasteiger partial charge is 0.224 e. The molecular weight excluding hydrogens is 374 g/mol. The molecule has 0 aliphatic carbocycles. The summed E-state index contributed by atoms with van der Waals surface area (Å²) in [4.78, 5) is 12.2. The first-order chi connectivity index (χ1) is 11.7. The number of carbonyl (C=O) groups excluding carboxylic acids is 1. The van der Waals surface area contributed by atoms with Crippen molar-refractivity contribution in [1.82, 2.24) is 5.32 Å². The number of ether oxygens (including phenoxy) is 3. The van der Waals surface area contributed by atoms with E-state index in [1.165, 1.54) is 0 Å². The highest BCUT2D eigenvalue weighted by Crippen LogP contribution is 2.31. The van der Waals surface area contributed by atoms with E-state index in [-0.39, 0.29) is 12.7 Å². The van der Waals surface area contributed by atoms with Crippen molar-refractivity contribution in [3.05, 3.63) is 57.6 Å². The number of carbonyl (C=O) groups is 1. The molecule has 1 aliphatic heterocycles. The van der Waals surface area contributed by atoms with E-state index in [1.54, 1.807) is 7.11 Å². The topological polar surface area (TPSA) is 56.8 Å². The normalized spacial score (nSPS) is 12.9. The number of halogens is 1. The van der Waals surface area contributed by atoms with Gasteiger partial charge in [0.1, 0.15) is 11.5 Å². The van der Waals surface area contributed by atoms with E-state index < -0.39 is 0 Å². The second-order valence-corrected chi connectivity index (χ2v) is 6.38. The summed E-state index contributed by atoms with van der Waals surface area (Å²) in [5.74, 6) is 1.54. The summed E-state index contributed by atoms with van der Waals surface area (Å²) >= 11 is 3.48. The molecule has 0 fully saturated rings. The molecule has 2 aromatic carbocycles. The fourth-order valence-electron chi connectivity index (χ4n) is 2.57. The van der Waals surface area contributed by atoms with Gasteiger partial charge in [-0.15, -0.1) is 0 Å². The van der Waals surface area contributed by atoms with Crippen LogP contribution in [0.2, 0.25) is 0 Å². The number of hydrogen-bond acceptors (Lipinski definition) is 4. The zero-order valence-corrected chi connectivity index (χ0v) is 14.9. The minimum Gasteiger partial charge on any atom is -0.497 e. The van der Waals surface area contributed by atoms with Crippen LogP contribution in [0.3, 0.4) is 0 Å². The molecule has 1 aliphatic rings. The maximum atomic E-state index is 12.2. The lowest BCUT2D eigenvalue weighted by molar-refractivity contribution is -0.120. The molecule has 0 radical (unpaired) electrons. The fraction of sp³-hybridized carbons (Fsp3) is 0.278. The first-order valence-electron chi connectivity index (χ1n) is 7.57. The lowest BCUT2D eigenvalue weighted by atomic mass is 10.1. The molecule has 0 unspecified atom stereocenters. The second-order valence-electron chi connectivity index (χ2n) is 5.47. The summed E-state index contributed by atoms with van der Waals surface area (Å²) in [6, 6.07) is 11.4. The van der Waals surface area contributed by atoms with Gasteiger partial charge in [-0.1, -0.05) is 28.1 Å². The van der Waals surface area contributed by atoms with E-state index in [0.29, 0.717) is 19.6 Å². The Bertz CT molecular complexity index is 731. The molecule has 1 N–H and O–H groups in total. The number of fused-ring (bicyclic) bond motifs is 1. The molecule has 0 saturated carbocycles. The van der Waals surface area contributed by atoms with Gasteiger partial charge in [-0.25, -0.2) is 0 Å². The zero-order valence-electron chi connectivity index (χ0n) is 13.3. The van der Waals surface area contributed by atoms with E-state index in [9.17, 15) is 4.79 Å². The average molecular weight is 392 g/mol. The molecule has 3 rings (SSSR count). The quantitative estimate of drug-likeness (QED) is 0.850. The van der Waals surface area contributed by atoms with Crippen molar-refractivity contribution in [2.24, 2.45) is 0 Å². The van der Waals surface area contributed by atoms with Crippen LogP contribution >= 0.6 is 15.9 Å². The van der Waals surface area contributed by atoms with Crippen molar-refractivity contribution in [1.29, 1.82) is 0 Å². The number of rotatable bonds is 5. The van der Waals surface area contributed by atoms with E-state index in [2.05, 4.69) is 21.2 Å². The van der Waals surface area contributed by atoms with Crippen molar-refractivity contribution < 1.29 is 19.0 Å². The predicted molar refractivity (Wildman–Crippen MR) is 93.0 cm³/mol. The molecule has 0 spiro atoms. The van der Waals surface area contributed by atoms with Gasteiger partial charge in [0.25, 0.3) is 0 Å². The van der Waals surface area contributed by atoms with Gasteiger partial charge >= 0.3 is 0 Å². The van der Waals surface area contributed by atoms with E-state index in [4.69, 9.17) is 14.2 Å². The van der Waals surface area contributed by atoms with E-state index in [1.807, 2.05) is 36.4 Å². The van der Waals surface area contributed by atoms with Gasteiger partial charge < -0.3 is 19.5 Å². The van der Waals surface area contributed by atoms with E-state index >= 15 is 0 Å². The molecule has 0 atom stereocenters. The lowest BCUT2D eigenvalue weighted by Crippen LogP contribution is -2.25. The number of amides is 1. The predicted octanol–water partition coefficient (Wildman–Crippen LogP) is 3.18. The maximum absolute atomic E-state index is 12.2. The van der Waals surface area contributed by atoms with Crippen LogP contribution in [-0.4, -0.2) is 19.8 Å². The van der Waals surface area contributed by atoms with Gasteiger partial charge in [0.05, 0.1) is 20.1 Å². The Morgan fingerprint density at radius 2 is 2.08 bits per heavy atom. The molecule has 126 valence electrons. The third-order valence-electron chi connectivity index (χ3n) is 3.75. The molecule has 1 heterocycles. The minimum atomic E-state index is -0.0408. The summed E-state index contributed by atoms with van der Waals surface area (Å²) in [5.41, 5.74) is 2.86. The molecule has 1 amide bonds. The molecule has 24 heavy (non-hydrogen) atoms. The highest BCUT2D eigenvalue weighted by molar-refractivity contribution is 9.10. The van der Waals surface area contributed by atoms with Crippen LogP contribution in [0, 0.1) is 0 Å². The van der Waals surface area contributed by atoms with Crippen LogP contribution in [0.5, 0.6) is 11.5 Å². The van der Waals surface area contributed by atoms with Gasteiger partial charge in [0.2, 0.25) is 5.91 Å². The third-order valence-corrected chi connectivity index (χ3v) is 4.21. The standard InChI is InChI=1S/C18H18BrNO4/c1-22-16-4-2-12(3-5-16)6-17(21)20-9-13-7-15(19)8-14-10-23-11-24-18(13)14/h2-5,7-8H,6,9-11H2,1H3,(H,20,21). The van der Waals surface area contributed by atoms with Crippen LogP contribution in [0.1, 0.15) is 16.7 Å². The summed E-state index contributed by atoms with van der Waals surface area (Å²) in [6.45, 7) is 1.17. The highest BCUT2D eigenvalue weighted by atomic mass is 79.9. The first-order valence-corrected chi connectivity index (χ1v) is 8.36. The van der Waals surface area contributed by atoms with Crippen LogP contribution in [0.15, 0.2) is 40.9 Å². The number of nitrogens with one attached hydrogen (secondary N) is 1. The van der Waals surface area contributed by atoms with Crippen LogP contribution in [0.4, 0.5) is 0 Å². The Labute approximate surface area is 149 Å². The molecular formula is C18H18BrNO4. The van der Waals surface area contributed by atoms with Crippen LogP contribution in [-0.2, 0) is 29.1 Å². The largest absolute Gasteiger partial charge is 0.497 e. The third kappa shape index (κ3) is 4.07. The minimum absolute atomic E-state index is 0.0408. The Hall–Kier alpha value is -2.05. The highest BCUT2D eigenvalue weighted by Gasteiger charge is 2.16. The monoisotopic (exact) mass is 391 g/mol. The van der Waals surface area contributed by atoms with Crippen LogP contribution < -0.4 is 14.8 Å². The summed E-state index contributed by atoms with van der Waals surface area (Å²) in [5, 5.41) is 2.94. The van der Waals surface area contributed by atoms with Crippen LogP contribution in [0.25, 0.3) is 0 Å². The van der Waals surface area contributed by atoms with Crippen molar-refractivity contribution in [2.75, 3.05) is 13.9 Å². The van der Waals surface area contributed by atoms with Crippen molar-refractivity contribution >= 4 is 21.8 Å². The van der Waals surface area contributed by atoms with Gasteiger partial charge in [-0.2, -0.15) is 0 Å². The Kier molecular flexibility index (Phi) is 5.37. The number of methoxy groups -OCH3 is 1. The van der Waals surface area contributed by atoms with Gasteiger partial charge in [0.15, 0.2) is 6.79 Å². The van der Waals surface area contributed by atoms with Crippen molar-refractivity contribution in [3.8, 4) is 11.5 Å². The number of benzene rings is 2. The second kappa shape index (κ2) is 7.68. The molecule has 6 heteroatoms. The van der Waals surface area contributed by atoms with Crippen molar-refractivity contribution in [2.45, 2.75) is 19.6 Å². The van der Waals surface area contributed by atoms with E-state index in [0.717, 1.165) is 32.7 Å². The van der Waals surface area contributed by atoms with Gasteiger partial charge in [-0.3, -0.25) is 4.79 Å². The summed E-state index contributed by atoms with van der Waals surface area (Å²) in [7, 11) is 1.62. The van der Waals surface area contributed by atoms with Gasteiger partial charge in [0, 0.05) is 22.1 Å². The molecule has 0 saturated heterocycles. The lowest BCUT2D eigenvalue weighted by Gasteiger charge is -2.21. The molecule has 5 nitrogen and oxygen atoms in total. The Morgan fingerprint density at radius 1 is 1.29 bits per heavy atom. The van der Waals surface area contributed by atoms with Gasteiger partial charge in [-0.05, 0) is 29.8 Å². The molecule has 0 aromatic heterocycles. The average Bonchev–Trinajstić information content (AvgIpc) is 2.60. The summed E-state index contributed by atoms with van der Waals surface area (Å²) in [6.07, 6.45) is 0.324. The Morgan fingerprint density at radius 3 is 2.83 bits per heavy atom. The SMILES string of the molecule is COc1ccc(CC(=O)NCc2cc(Br)cc3c2OCOC3)cc1. The fourth-order valence-corrected chi connectivity index (χ4v) is 3.13. The Balaban J connectivity index is 1.62. The zero-order chi connectivity index (χ0) is 16.9. The number of hydrogen-bond donors (Lipinski definition) is 1. The maximum Gasteiger partial charge on any atom is 0.224 e. The first kappa shape index (κ1) is 16.8.